The van der Waals surface area contributed by atoms with Crippen LogP contribution in [0.25, 0.3) is 0 Å². The molecule has 0 aliphatic heterocycles. The summed E-state index contributed by atoms with van der Waals surface area (Å²) < 4.78 is 24.7. The van der Waals surface area contributed by atoms with Crippen molar-refractivity contribution in [3.8, 4) is 0 Å². The van der Waals surface area contributed by atoms with E-state index in [1.54, 1.807) is 13.8 Å². The van der Waals surface area contributed by atoms with Crippen LogP contribution in [0.3, 0.4) is 0 Å². The maximum absolute atomic E-state index is 11.8. The molecule has 0 saturated carbocycles. The van der Waals surface area contributed by atoms with Gasteiger partial charge < -0.3 is 5.73 Å². The van der Waals surface area contributed by atoms with Gasteiger partial charge in [0.2, 0.25) is 0 Å². The monoisotopic (exact) mass is 347 g/mol. The van der Waals surface area contributed by atoms with Gasteiger partial charge in [-0.3, -0.25) is 0 Å². The van der Waals surface area contributed by atoms with Gasteiger partial charge >= 0.3 is 0 Å². The summed E-state index contributed by atoms with van der Waals surface area (Å²) >= 11 is 3.51. The molecule has 0 aliphatic carbocycles. The van der Waals surface area contributed by atoms with Crippen LogP contribution in [0.1, 0.15) is 25.8 Å². The van der Waals surface area contributed by atoms with Gasteiger partial charge in [0.15, 0.2) is 9.84 Å². The second kappa shape index (κ2) is 7.41. The minimum absolute atomic E-state index is 0.201. The Hall–Kier alpha value is -0.390. The van der Waals surface area contributed by atoms with E-state index in [1.165, 1.54) is 5.56 Å². The molecule has 5 heteroatoms. The Morgan fingerprint density at radius 2 is 1.89 bits per heavy atom. The Balaban J connectivity index is 2.63. The predicted molar refractivity (Wildman–Crippen MR) is 83.9 cm³/mol. The Morgan fingerprint density at radius 1 is 1.26 bits per heavy atom. The van der Waals surface area contributed by atoms with E-state index in [9.17, 15) is 8.42 Å². The number of hydrogen-bond donors (Lipinski definition) is 1. The minimum atomic E-state index is -2.97. The minimum Gasteiger partial charge on any atom is -0.330 e. The zero-order valence-electron chi connectivity index (χ0n) is 11.5. The van der Waals surface area contributed by atoms with Gasteiger partial charge in [0.05, 0.1) is 11.0 Å². The highest BCUT2D eigenvalue weighted by molar-refractivity contribution is 9.10. The van der Waals surface area contributed by atoms with Gasteiger partial charge in [-0.1, -0.05) is 34.1 Å². The van der Waals surface area contributed by atoms with Gasteiger partial charge in [0.25, 0.3) is 0 Å². The highest BCUT2D eigenvalue weighted by atomic mass is 79.9. The molecule has 108 valence electrons. The maximum atomic E-state index is 11.8. The van der Waals surface area contributed by atoms with E-state index in [1.807, 2.05) is 24.3 Å². The van der Waals surface area contributed by atoms with Crippen molar-refractivity contribution < 1.29 is 8.42 Å². The van der Waals surface area contributed by atoms with Crippen molar-refractivity contribution in [3.05, 3.63) is 34.3 Å². The first-order chi connectivity index (χ1) is 8.86. The Morgan fingerprint density at radius 3 is 2.42 bits per heavy atom. The first-order valence-electron chi connectivity index (χ1n) is 6.52. The molecule has 0 amide bonds. The van der Waals surface area contributed by atoms with E-state index in [4.69, 9.17) is 5.73 Å². The zero-order chi connectivity index (χ0) is 14.5. The molecule has 1 unspecified atom stereocenters. The maximum Gasteiger partial charge on any atom is 0.152 e. The average molecular weight is 348 g/mol. The summed E-state index contributed by atoms with van der Waals surface area (Å²) in [5.74, 6) is 0.420. The summed E-state index contributed by atoms with van der Waals surface area (Å²) in [5, 5.41) is -0.311. The van der Waals surface area contributed by atoms with Gasteiger partial charge in [0.1, 0.15) is 0 Å². The Kier molecular flexibility index (Phi) is 6.50. The van der Waals surface area contributed by atoms with E-state index in [0.717, 1.165) is 10.9 Å². The van der Waals surface area contributed by atoms with Crippen molar-refractivity contribution in [1.29, 1.82) is 0 Å². The van der Waals surface area contributed by atoms with E-state index < -0.39 is 9.84 Å². The molecule has 0 bridgehead atoms. The van der Waals surface area contributed by atoms with Gasteiger partial charge in [-0.2, -0.15) is 0 Å². The van der Waals surface area contributed by atoms with Crippen molar-refractivity contribution in [2.45, 2.75) is 31.9 Å². The van der Waals surface area contributed by atoms with E-state index in [0.29, 0.717) is 13.0 Å². The molecule has 0 aromatic heterocycles. The smallest absolute Gasteiger partial charge is 0.152 e. The lowest BCUT2D eigenvalue weighted by atomic mass is 9.97. The van der Waals surface area contributed by atoms with E-state index in [2.05, 4.69) is 15.9 Å². The summed E-state index contributed by atoms with van der Waals surface area (Å²) in [4.78, 5) is 0. The second-order valence-electron chi connectivity index (χ2n) is 5.10. The fourth-order valence-electron chi connectivity index (χ4n) is 1.84. The van der Waals surface area contributed by atoms with Crippen molar-refractivity contribution >= 4 is 25.8 Å². The largest absolute Gasteiger partial charge is 0.330 e. The molecule has 0 aliphatic rings. The van der Waals surface area contributed by atoms with E-state index >= 15 is 0 Å². The molecule has 1 atom stereocenters. The van der Waals surface area contributed by atoms with E-state index in [-0.39, 0.29) is 16.9 Å². The molecule has 0 spiro atoms. The molecule has 1 aromatic carbocycles. The van der Waals surface area contributed by atoms with Crippen LogP contribution in [0.4, 0.5) is 0 Å². The summed E-state index contributed by atoms with van der Waals surface area (Å²) in [6.45, 7) is 3.95. The summed E-state index contributed by atoms with van der Waals surface area (Å²) in [6.07, 6.45) is 1.43. The number of halogens is 1. The van der Waals surface area contributed by atoms with Crippen LogP contribution < -0.4 is 5.73 Å². The first-order valence-corrected chi connectivity index (χ1v) is 9.02. The molecule has 0 saturated heterocycles. The number of benzene rings is 1. The normalized spacial score (nSPS) is 13.7. The molecule has 0 radical (unpaired) electrons. The van der Waals surface area contributed by atoms with Crippen LogP contribution in [0.2, 0.25) is 0 Å². The first kappa shape index (κ1) is 16.7. The molecule has 19 heavy (non-hydrogen) atoms. The summed E-state index contributed by atoms with van der Waals surface area (Å²) in [5.41, 5.74) is 6.95. The topological polar surface area (TPSA) is 60.2 Å². The van der Waals surface area contributed by atoms with Gasteiger partial charge in [-0.25, -0.2) is 8.42 Å². The Bertz CT molecular complexity index is 500. The van der Waals surface area contributed by atoms with Crippen LogP contribution in [0.5, 0.6) is 0 Å². The van der Waals surface area contributed by atoms with Crippen LogP contribution >= 0.6 is 15.9 Å². The molecule has 2 N–H and O–H groups in total. The van der Waals surface area contributed by atoms with Crippen LogP contribution in [-0.2, 0) is 16.3 Å². The number of hydrogen-bond acceptors (Lipinski definition) is 3. The quantitative estimate of drug-likeness (QED) is 0.824. The van der Waals surface area contributed by atoms with Crippen LogP contribution in [0.15, 0.2) is 28.7 Å². The third-order valence-corrected chi connectivity index (χ3v) is 6.34. The second-order valence-corrected chi connectivity index (χ2v) is 8.63. The van der Waals surface area contributed by atoms with Gasteiger partial charge in [-0.05, 0) is 50.8 Å². The molecule has 0 heterocycles. The SMILES string of the molecule is CC(C)S(=O)(=O)CCC(CN)Cc1ccccc1Br. The highest BCUT2D eigenvalue weighted by Crippen LogP contribution is 2.21. The lowest BCUT2D eigenvalue weighted by Crippen LogP contribution is -2.24. The number of rotatable bonds is 7. The fourth-order valence-corrected chi connectivity index (χ4v) is 3.42. The van der Waals surface area contributed by atoms with Crippen molar-refractivity contribution in [2.24, 2.45) is 11.7 Å². The molecule has 1 rings (SSSR count). The average Bonchev–Trinajstić information content (AvgIpc) is 2.36. The third kappa shape index (κ3) is 5.24. The number of sulfone groups is 1. The molecule has 3 nitrogen and oxygen atoms in total. The lowest BCUT2D eigenvalue weighted by molar-refractivity contribution is 0.509. The number of nitrogens with two attached hydrogens (primary N) is 1. The summed E-state index contributed by atoms with van der Waals surface area (Å²) in [7, 11) is -2.97. The van der Waals surface area contributed by atoms with Gasteiger partial charge in [0, 0.05) is 4.47 Å². The highest BCUT2D eigenvalue weighted by Gasteiger charge is 2.19. The Labute approximate surface area is 124 Å². The van der Waals surface area contributed by atoms with Crippen LogP contribution in [-0.4, -0.2) is 26.0 Å². The van der Waals surface area contributed by atoms with Crippen molar-refractivity contribution in [1.82, 2.24) is 0 Å². The fraction of sp³-hybridized carbons (Fsp3) is 0.571. The lowest BCUT2D eigenvalue weighted by Gasteiger charge is -2.16. The van der Waals surface area contributed by atoms with Crippen molar-refractivity contribution in [3.63, 3.8) is 0 Å². The summed E-state index contributed by atoms with van der Waals surface area (Å²) in [6, 6.07) is 7.99. The van der Waals surface area contributed by atoms with Gasteiger partial charge in [-0.15, -0.1) is 0 Å². The predicted octanol–water partition coefficient (Wildman–Crippen LogP) is 2.78. The van der Waals surface area contributed by atoms with Crippen molar-refractivity contribution in [2.75, 3.05) is 12.3 Å². The molecular weight excluding hydrogens is 326 g/mol. The zero-order valence-corrected chi connectivity index (χ0v) is 13.9. The van der Waals surface area contributed by atoms with Crippen LogP contribution in [0, 0.1) is 5.92 Å². The standard InChI is InChI=1S/C14H22BrNO2S/c1-11(2)19(17,18)8-7-12(10-16)9-13-5-3-4-6-14(13)15/h3-6,11-12H,7-10,16H2,1-2H3. The molecular formula is C14H22BrNO2S. The third-order valence-electron chi connectivity index (χ3n) is 3.33. The molecule has 1 aromatic rings. The molecule has 0 fully saturated rings.